The van der Waals surface area contributed by atoms with Crippen LogP contribution in [0.4, 0.5) is 0 Å². The number of rotatable bonds is 4. The Morgan fingerprint density at radius 1 is 1.29 bits per heavy atom. The quantitative estimate of drug-likeness (QED) is 0.919. The molecule has 24 heavy (non-hydrogen) atoms. The summed E-state index contributed by atoms with van der Waals surface area (Å²) in [6.07, 6.45) is 3.78. The van der Waals surface area contributed by atoms with Crippen molar-refractivity contribution in [2.24, 2.45) is 5.92 Å². The lowest BCUT2D eigenvalue weighted by atomic mass is 9.86. The van der Waals surface area contributed by atoms with Crippen LogP contribution in [0.1, 0.15) is 41.7 Å². The molecule has 1 N–H and O–H groups in total. The molecule has 1 aromatic heterocycles. The summed E-state index contributed by atoms with van der Waals surface area (Å²) in [5.41, 5.74) is 2.73. The van der Waals surface area contributed by atoms with Gasteiger partial charge < -0.3 is 10.0 Å². The number of nitrogens with zero attached hydrogens (tertiary/aromatic N) is 2. The Morgan fingerprint density at radius 3 is 2.71 bits per heavy atom. The average molecular weight is 344 g/mol. The molecule has 2 unspecified atom stereocenters. The lowest BCUT2D eigenvalue weighted by molar-refractivity contribution is 0.0449. The van der Waals surface area contributed by atoms with Crippen LogP contribution >= 0.6 is 11.3 Å². The minimum Gasteiger partial charge on any atom is -0.393 e. The molecule has 0 radical (unpaired) electrons. The van der Waals surface area contributed by atoms with Crippen molar-refractivity contribution in [1.29, 1.82) is 0 Å². The molecule has 1 fully saturated rings. The molecular weight excluding hydrogens is 320 g/mol. The number of thiazole rings is 1. The zero-order chi connectivity index (χ0) is 17.1. The molecule has 2 atom stereocenters. The Bertz CT molecular complexity index is 696. The molecule has 1 aliphatic rings. The fourth-order valence-corrected chi connectivity index (χ4v) is 4.03. The molecule has 3 rings (SSSR count). The van der Waals surface area contributed by atoms with Gasteiger partial charge in [0.25, 0.3) is 5.91 Å². The number of hydrogen-bond donors (Lipinski definition) is 1. The van der Waals surface area contributed by atoms with E-state index in [0.29, 0.717) is 12.2 Å². The van der Waals surface area contributed by atoms with Crippen LogP contribution in [0.15, 0.2) is 29.6 Å². The third-order valence-electron chi connectivity index (χ3n) is 4.75. The molecule has 128 valence electrons. The summed E-state index contributed by atoms with van der Waals surface area (Å²) in [4.78, 5) is 18.8. The third kappa shape index (κ3) is 3.84. The molecule has 0 bridgehead atoms. The van der Waals surface area contributed by atoms with E-state index in [1.807, 2.05) is 17.5 Å². The predicted octanol–water partition coefficient (Wildman–Crippen LogP) is 3.74. The number of aliphatic hydroxyl groups is 1. The monoisotopic (exact) mass is 344 g/mol. The fourth-order valence-electron chi connectivity index (χ4n) is 3.23. The topological polar surface area (TPSA) is 53.4 Å². The van der Waals surface area contributed by atoms with Crippen molar-refractivity contribution in [2.75, 3.05) is 13.6 Å². The summed E-state index contributed by atoms with van der Waals surface area (Å²) in [7, 11) is 1.80. The van der Waals surface area contributed by atoms with Gasteiger partial charge in [0.15, 0.2) is 0 Å². The molecule has 1 aliphatic carbocycles. The Balaban J connectivity index is 1.67. The Kier molecular flexibility index (Phi) is 5.31. The van der Waals surface area contributed by atoms with E-state index in [9.17, 15) is 9.90 Å². The summed E-state index contributed by atoms with van der Waals surface area (Å²) in [5.74, 6) is 0.116. The van der Waals surface area contributed by atoms with Gasteiger partial charge in [-0.2, -0.15) is 0 Å². The number of benzene rings is 1. The van der Waals surface area contributed by atoms with Gasteiger partial charge in [0, 0.05) is 30.5 Å². The van der Waals surface area contributed by atoms with Crippen LogP contribution < -0.4 is 0 Å². The highest BCUT2D eigenvalue weighted by Crippen LogP contribution is 2.27. The molecule has 1 amide bonds. The van der Waals surface area contributed by atoms with E-state index in [-0.39, 0.29) is 17.9 Å². The molecule has 4 nitrogen and oxygen atoms in total. The summed E-state index contributed by atoms with van der Waals surface area (Å²) in [5, 5.41) is 12.8. The van der Waals surface area contributed by atoms with Crippen molar-refractivity contribution in [3.63, 3.8) is 0 Å². The third-order valence-corrected chi connectivity index (χ3v) is 5.64. The SMILES string of the molecule is Cc1ccc(-c2nc(C(=O)N(C)CC3CCCCC3O)cs2)cc1. The highest BCUT2D eigenvalue weighted by atomic mass is 32.1. The number of aromatic nitrogens is 1. The van der Waals surface area contributed by atoms with E-state index < -0.39 is 0 Å². The molecule has 1 saturated carbocycles. The minimum absolute atomic E-state index is 0.0672. The number of carbonyl (C=O) groups is 1. The van der Waals surface area contributed by atoms with Gasteiger partial charge in [0.05, 0.1) is 6.10 Å². The number of carbonyl (C=O) groups excluding carboxylic acids is 1. The number of aliphatic hydroxyl groups excluding tert-OH is 1. The van der Waals surface area contributed by atoms with E-state index in [0.717, 1.165) is 36.3 Å². The van der Waals surface area contributed by atoms with Crippen LogP contribution in [0, 0.1) is 12.8 Å². The van der Waals surface area contributed by atoms with Gasteiger partial charge in [-0.05, 0) is 19.8 Å². The molecule has 1 aromatic carbocycles. The predicted molar refractivity (Wildman–Crippen MR) is 97.2 cm³/mol. The summed E-state index contributed by atoms with van der Waals surface area (Å²) in [6, 6.07) is 8.17. The van der Waals surface area contributed by atoms with Crippen LogP contribution in [0.3, 0.4) is 0 Å². The van der Waals surface area contributed by atoms with Gasteiger partial charge in [-0.3, -0.25) is 4.79 Å². The highest BCUT2D eigenvalue weighted by Gasteiger charge is 2.26. The van der Waals surface area contributed by atoms with Crippen molar-refractivity contribution >= 4 is 17.2 Å². The second-order valence-electron chi connectivity index (χ2n) is 6.70. The first-order chi connectivity index (χ1) is 11.5. The molecule has 1 heterocycles. The first-order valence-electron chi connectivity index (χ1n) is 8.50. The first-order valence-corrected chi connectivity index (χ1v) is 9.38. The maximum Gasteiger partial charge on any atom is 0.273 e. The zero-order valence-corrected chi connectivity index (χ0v) is 15.1. The number of aryl methyl sites for hydroxylation is 1. The molecular formula is C19H24N2O2S. The maximum absolute atomic E-state index is 12.6. The van der Waals surface area contributed by atoms with Crippen molar-refractivity contribution in [3.05, 3.63) is 40.9 Å². The summed E-state index contributed by atoms with van der Waals surface area (Å²) < 4.78 is 0. The fraction of sp³-hybridized carbons (Fsp3) is 0.474. The zero-order valence-electron chi connectivity index (χ0n) is 14.2. The van der Waals surface area contributed by atoms with E-state index in [2.05, 4.69) is 24.0 Å². The smallest absolute Gasteiger partial charge is 0.273 e. The van der Waals surface area contributed by atoms with Crippen LogP contribution in [0.2, 0.25) is 0 Å². The molecule has 0 spiro atoms. The van der Waals surface area contributed by atoms with E-state index in [1.165, 1.54) is 16.9 Å². The Morgan fingerprint density at radius 2 is 2.00 bits per heavy atom. The Hall–Kier alpha value is -1.72. The van der Waals surface area contributed by atoms with Crippen molar-refractivity contribution in [2.45, 2.75) is 38.7 Å². The van der Waals surface area contributed by atoms with Crippen LogP contribution in [0.25, 0.3) is 10.6 Å². The van der Waals surface area contributed by atoms with Gasteiger partial charge in [-0.15, -0.1) is 11.3 Å². The largest absolute Gasteiger partial charge is 0.393 e. The van der Waals surface area contributed by atoms with Gasteiger partial charge in [-0.25, -0.2) is 4.98 Å². The van der Waals surface area contributed by atoms with E-state index in [1.54, 1.807) is 11.9 Å². The second-order valence-corrected chi connectivity index (χ2v) is 7.56. The lowest BCUT2D eigenvalue weighted by Crippen LogP contribution is -2.38. The van der Waals surface area contributed by atoms with Gasteiger partial charge >= 0.3 is 0 Å². The summed E-state index contributed by atoms with van der Waals surface area (Å²) >= 11 is 1.49. The summed E-state index contributed by atoms with van der Waals surface area (Å²) in [6.45, 7) is 2.65. The molecule has 0 saturated heterocycles. The van der Waals surface area contributed by atoms with Crippen LogP contribution in [0.5, 0.6) is 0 Å². The maximum atomic E-state index is 12.6. The van der Waals surface area contributed by atoms with Crippen molar-refractivity contribution in [1.82, 2.24) is 9.88 Å². The van der Waals surface area contributed by atoms with Crippen molar-refractivity contribution in [3.8, 4) is 10.6 Å². The van der Waals surface area contributed by atoms with Crippen LogP contribution in [-0.2, 0) is 0 Å². The first kappa shape index (κ1) is 17.1. The van der Waals surface area contributed by atoms with Gasteiger partial charge in [-0.1, -0.05) is 42.7 Å². The lowest BCUT2D eigenvalue weighted by Gasteiger charge is -2.30. The number of hydrogen-bond acceptors (Lipinski definition) is 4. The van der Waals surface area contributed by atoms with E-state index in [4.69, 9.17) is 0 Å². The van der Waals surface area contributed by atoms with Crippen molar-refractivity contribution < 1.29 is 9.90 Å². The average Bonchev–Trinajstić information content (AvgIpc) is 3.07. The Labute approximate surface area is 147 Å². The van der Waals surface area contributed by atoms with E-state index >= 15 is 0 Å². The van der Waals surface area contributed by atoms with Gasteiger partial charge in [0.1, 0.15) is 10.7 Å². The minimum atomic E-state index is -0.285. The van der Waals surface area contributed by atoms with Crippen LogP contribution in [-0.4, -0.2) is 40.6 Å². The van der Waals surface area contributed by atoms with Gasteiger partial charge in [0.2, 0.25) is 0 Å². The molecule has 5 heteroatoms. The second kappa shape index (κ2) is 7.45. The molecule has 2 aromatic rings. The molecule has 0 aliphatic heterocycles. The normalized spacial score (nSPS) is 20.8. The highest BCUT2D eigenvalue weighted by molar-refractivity contribution is 7.13. The number of amides is 1. The standard InChI is InChI=1S/C19H24N2O2S/c1-13-7-9-14(10-8-13)18-20-16(12-24-18)19(23)21(2)11-15-5-3-4-6-17(15)22/h7-10,12,15,17,22H,3-6,11H2,1-2H3.